The molecule has 1 nitrogen and oxygen atoms in total. The van der Waals surface area contributed by atoms with Crippen LogP contribution in [0.2, 0.25) is 0 Å². The van der Waals surface area contributed by atoms with Crippen molar-refractivity contribution in [3.05, 3.63) is 0 Å². The Morgan fingerprint density at radius 3 is 2.07 bits per heavy atom. The van der Waals surface area contributed by atoms with Crippen molar-refractivity contribution in [1.29, 1.82) is 0 Å². The molecule has 2 N–H and O–H groups in total. The Morgan fingerprint density at radius 2 is 1.67 bits per heavy atom. The van der Waals surface area contributed by atoms with E-state index in [-0.39, 0.29) is 5.54 Å². The monoisotopic (exact) mass is 211 g/mol. The van der Waals surface area contributed by atoms with Crippen LogP contribution >= 0.6 is 0 Å². The van der Waals surface area contributed by atoms with Gasteiger partial charge in [-0.1, -0.05) is 27.7 Å². The zero-order chi connectivity index (χ0) is 11.5. The molecular formula is C14H29N. The fraction of sp³-hybridized carbons (Fsp3) is 1.00. The van der Waals surface area contributed by atoms with E-state index in [4.69, 9.17) is 5.73 Å². The highest BCUT2D eigenvalue weighted by Gasteiger charge is 2.32. The van der Waals surface area contributed by atoms with Crippen LogP contribution in [0.3, 0.4) is 0 Å². The van der Waals surface area contributed by atoms with Gasteiger partial charge in [0.15, 0.2) is 0 Å². The Labute approximate surface area is 95.8 Å². The summed E-state index contributed by atoms with van der Waals surface area (Å²) in [5.74, 6) is 2.58. The van der Waals surface area contributed by atoms with Crippen LogP contribution in [0.25, 0.3) is 0 Å². The molecular weight excluding hydrogens is 182 g/mol. The summed E-state index contributed by atoms with van der Waals surface area (Å²) < 4.78 is 0. The van der Waals surface area contributed by atoms with E-state index in [0.717, 1.165) is 17.8 Å². The molecule has 0 heterocycles. The SMILES string of the molecule is CC(C)CCC1(N)CCC(C(C)C)CC1. The van der Waals surface area contributed by atoms with E-state index in [1.54, 1.807) is 0 Å². The lowest BCUT2D eigenvalue weighted by Gasteiger charge is -2.39. The summed E-state index contributed by atoms with van der Waals surface area (Å²) in [5, 5.41) is 0. The molecule has 0 spiro atoms. The fourth-order valence-corrected chi connectivity index (χ4v) is 2.71. The summed E-state index contributed by atoms with van der Waals surface area (Å²) >= 11 is 0. The van der Waals surface area contributed by atoms with Crippen LogP contribution in [0.4, 0.5) is 0 Å². The van der Waals surface area contributed by atoms with Crippen molar-refractivity contribution in [2.45, 2.75) is 71.8 Å². The predicted molar refractivity (Wildman–Crippen MR) is 67.8 cm³/mol. The van der Waals surface area contributed by atoms with Crippen molar-refractivity contribution in [2.24, 2.45) is 23.5 Å². The van der Waals surface area contributed by atoms with Gasteiger partial charge in [-0.15, -0.1) is 0 Å². The first-order valence-corrected chi connectivity index (χ1v) is 6.72. The fourth-order valence-electron chi connectivity index (χ4n) is 2.71. The van der Waals surface area contributed by atoms with Crippen molar-refractivity contribution in [3.8, 4) is 0 Å². The molecule has 0 aromatic heterocycles. The second-order valence-electron chi connectivity index (χ2n) is 6.38. The molecule has 90 valence electrons. The van der Waals surface area contributed by atoms with E-state index in [1.807, 2.05) is 0 Å². The molecule has 15 heavy (non-hydrogen) atoms. The first kappa shape index (κ1) is 13.0. The molecule has 0 amide bonds. The van der Waals surface area contributed by atoms with Gasteiger partial charge in [0.2, 0.25) is 0 Å². The van der Waals surface area contributed by atoms with E-state index in [0.29, 0.717) is 0 Å². The molecule has 0 atom stereocenters. The minimum absolute atomic E-state index is 0.176. The van der Waals surface area contributed by atoms with Gasteiger partial charge in [-0.2, -0.15) is 0 Å². The Bertz CT molecular complexity index is 176. The molecule has 1 saturated carbocycles. The number of rotatable bonds is 4. The highest BCUT2D eigenvalue weighted by molar-refractivity contribution is 4.90. The zero-order valence-corrected chi connectivity index (χ0v) is 11.1. The summed E-state index contributed by atoms with van der Waals surface area (Å²) in [5.41, 5.74) is 6.65. The lowest BCUT2D eigenvalue weighted by Crippen LogP contribution is -2.44. The van der Waals surface area contributed by atoms with Gasteiger partial charge in [-0.25, -0.2) is 0 Å². The quantitative estimate of drug-likeness (QED) is 0.748. The average molecular weight is 211 g/mol. The van der Waals surface area contributed by atoms with Gasteiger partial charge in [0.1, 0.15) is 0 Å². The summed E-state index contributed by atoms with van der Waals surface area (Å²) in [7, 11) is 0. The normalized spacial score (nSPS) is 32.6. The maximum Gasteiger partial charge on any atom is 0.0154 e. The maximum absolute atomic E-state index is 6.47. The summed E-state index contributed by atoms with van der Waals surface area (Å²) in [6.07, 6.45) is 7.74. The van der Waals surface area contributed by atoms with Crippen molar-refractivity contribution < 1.29 is 0 Å². The largest absolute Gasteiger partial charge is 0.325 e. The third kappa shape index (κ3) is 4.14. The van der Waals surface area contributed by atoms with E-state index < -0.39 is 0 Å². The average Bonchev–Trinajstić information content (AvgIpc) is 2.16. The lowest BCUT2D eigenvalue weighted by atomic mass is 9.71. The van der Waals surface area contributed by atoms with Gasteiger partial charge in [0.25, 0.3) is 0 Å². The Morgan fingerprint density at radius 1 is 1.13 bits per heavy atom. The minimum atomic E-state index is 0.176. The van der Waals surface area contributed by atoms with Crippen molar-refractivity contribution in [1.82, 2.24) is 0 Å². The molecule has 0 radical (unpaired) electrons. The third-order valence-electron chi connectivity index (χ3n) is 4.19. The second-order valence-corrected chi connectivity index (χ2v) is 6.38. The first-order chi connectivity index (χ1) is 6.93. The van der Waals surface area contributed by atoms with Gasteiger partial charge in [-0.3, -0.25) is 0 Å². The standard InChI is InChI=1S/C14H29N/c1-11(2)5-8-14(15)9-6-13(7-10-14)12(3)4/h11-13H,5-10,15H2,1-4H3. The van der Waals surface area contributed by atoms with Gasteiger partial charge in [0.05, 0.1) is 0 Å². The van der Waals surface area contributed by atoms with Crippen LogP contribution in [0.1, 0.15) is 66.2 Å². The molecule has 0 bridgehead atoms. The molecule has 1 aliphatic carbocycles. The van der Waals surface area contributed by atoms with E-state index >= 15 is 0 Å². The van der Waals surface area contributed by atoms with E-state index in [2.05, 4.69) is 27.7 Å². The summed E-state index contributed by atoms with van der Waals surface area (Å²) in [6, 6.07) is 0. The summed E-state index contributed by atoms with van der Waals surface area (Å²) in [6.45, 7) is 9.29. The van der Waals surface area contributed by atoms with Crippen molar-refractivity contribution >= 4 is 0 Å². The Hall–Kier alpha value is -0.0400. The molecule has 1 rings (SSSR count). The van der Waals surface area contributed by atoms with E-state index in [9.17, 15) is 0 Å². The van der Waals surface area contributed by atoms with Crippen molar-refractivity contribution in [2.75, 3.05) is 0 Å². The smallest absolute Gasteiger partial charge is 0.0154 e. The molecule has 1 aliphatic rings. The van der Waals surface area contributed by atoms with Crippen LogP contribution in [0, 0.1) is 17.8 Å². The number of nitrogens with two attached hydrogens (primary N) is 1. The molecule has 1 heteroatoms. The van der Waals surface area contributed by atoms with Gasteiger partial charge in [-0.05, 0) is 56.3 Å². The third-order valence-corrected chi connectivity index (χ3v) is 4.19. The van der Waals surface area contributed by atoms with Gasteiger partial charge >= 0.3 is 0 Å². The number of hydrogen-bond acceptors (Lipinski definition) is 1. The van der Waals surface area contributed by atoms with Crippen LogP contribution in [-0.4, -0.2) is 5.54 Å². The molecule has 1 fully saturated rings. The van der Waals surface area contributed by atoms with Gasteiger partial charge in [0, 0.05) is 5.54 Å². The molecule has 0 unspecified atom stereocenters. The second kappa shape index (κ2) is 5.34. The summed E-state index contributed by atoms with van der Waals surface area (Å²) in [4.78, 5) is 0. The Balaban J connectivity index is 2.34. The molecule has 0 aromatic rings. The predicted octanol–water partition coefficient (Wildman–Crippen LogP) is 3.97. The first-order valence-electron chi connectivity index (χ1n) is 6.72. The Kier molecular flexibility index (Phi) is 4.64. The zero-order valence-electron chi connectivity index (χ0n) is 11.1. The van der Waals surface area contributed by atoms with Crippen LogP contribution in [0.15, 0.2) is 0 Å². The highest BCUT2D eigenvalue weighted by Crippen LogP contribution is 2.37. The van der Waals surface area contributed by atoms with Crippen LogP contribution in [0.5, 0.6) is 0 Å². The lowest BCUT2D eigenvalue weighted by molar-refractivity contribution is 0.180. The van der Waals surface area contributed by atoms with Crippen LogP contribution < -0.4 is 5.73 Å². The van der Waals surface area contributed by atoms with Crippen LogP contribution in [-0.2, 0) is 0 Å². The topological polar surface area (TPSA) is 26.0 Å². The maximum atomic E-state index is 6.47. The highest BCUT2D eigenvalue weighted by atomic mass is 14.7. The molecule has 0 aliphatic heterocycles. The molecule has 0 aromatic carbocycles. The van der Waals surface area contributed by atoms with E-state index in [1.165, 1.54) is 38.5 Å². The van der Waals surface area contributed by atoms with Crippen molar-refractivity contribution in [3.63, 3.8) is 0 Å². The number of hydrogen-bond donors (Lipinski definition) is 1. The minimum Gasteiger partial charge on any atom is -0.325 e. The van der Waals surface area contributed by atoms with Gasteiger partial charge < -0.3 is 5.73 Å². The molecule has 0 saturated heterocycles.